The quantitative estimate of drug-likeness (QED) is 0.711. The van der Waals surface area contributed by atoms with Crippen molar-refractivity contribution in [1.82, 2.24) is 10.2 Å². The molecule has 1 aliphatic carbocycles. The molecular formula is C12H24N2O. The molecule has 2 rings (SSSR count). The molecule has 1 saturated heterocycles. The average Bonchev–Trinajstić information content (AvgIpc) is 2.11. The van der Waals surface area contributed by atoms with Crippen molar-refractivity contribution < 1.29 is 5.11 Å². The highest BCUT2D eigenvalue weighted by Crippen LogP contribution is 2.25. The number of nitrogens with one attached hydrogen (secondary N) is 1. The molecule has 0 aromatic carbocycles. The van der Waals surface area contributed by atoms with E-state index in [1.54, 1.807) is 0 Å². The van der Waals surface area contributed by atoms with E-state index in [2.05, 4.69) is 31.1 Å². The van der Waals surface area contributed by atoms with Crippen LogP contribution in [0.15, 0.2) is 0 Å². The Morgan fingerprint density at radius 2 is 1.87 bits per heavy atom. The number of rotatable bonds is 2. The summed E-state index contributed by atoms with van der Waals surface area (Å²) in [7, 11) is 2.21. The van der Waals surface area contributed by atoms with Gasteiger partial charge in [0.05, 0.1) is 6.10 Å². The molecule has 3 unspecified atom stereocenters. The molecule has 3 heteroatoms. The maximum atomic E-state index is 9.26. The van der Waals surface area contributed by atoms with Crippen LogP contribution >= 0.6 is 0 Å². The lowest BCUT2D eigenvalue weighted by atomic mass is 9.84. The van der Waals surface area contributed by atoms with Crippen molar-refractivity contribution in [2.45, 2.75) is 57.3 Å². The maximum absolute atomic E-state index is 9.26. The number of likely N-dealkylation sites (tertiary alicyclic amines) is 1. The van der Waals surface area contributed by atoms with Crippen LogP contribution < -0.4 is 5.32 Å². The molecule has 15 heavy (non-hydrogen) atoms. The number of aliphatic hydroxyl groups excluding tert-OH is 1. The van der Waals surface area contributed by atoms with Crippen molar-refractivity contribution in [2.24, 2.45) is 5.92 Å². The van der Waals surface area contributed by atoms with Gasteiger partial charge in [-0.2, -0.15) is 0 Å². The first kappa shape index (κ1) is 11.4. The van der Waals surface area contributed by atoms with E-state index in [4.69, 9.17) is 0 Å². The molecule has 1 aliphatic heterocycles. The maximum Gasteiger partial charge on any atom is 0.0570 e. The van der Waals surface area contributed by atoms with E-state index in [1.807, 2.05) is 0 Å². The molecule has 3 nitrogen and oxygen atoms in total. The number of hydrogen-bond acceptors (Lipinski definition) is 3. The lowest BCUT2D eigenvalue weighted by molar-refractivity contribution is 0.0402. The summed E-state index contributed by atoms with van der Waals surface area (Å²) >= 11 is 0. The van der Waals surface area contributed by atoms with Crippen LogP contribution in [0, 0.1) is 5.92 Å². The van der Waals surface area contributed by atoms with Crippen molar-refractivity contribution in [3.8, 4) is 0 Å². The predicted octanol–water partition coefficient (Wildman–Crippen LogP) is 0.828. The normalized spacial score (nSPS) is 47.6. The Bertz CT molecular complexity index is 216. The van der Waals surface area contributed by atoms with E-state index in [0.29, 0.717) is 18.1 Å². The summed E-state index contributed by atoms with van der Waals surface area (Å²) in [5.74, 6) is 0.726. The van der Waals surface area contributed by atoms with Gasteiger partial charge in [0.25, 0.3) is 0 Å². The summed E-state index contributed by atoms with van der Waals surface area (Å²) in [5.41, 5.74) is 0. The fourth-order valence-corrected chi connectivity index (χ4v) is 2.80. The van der Waals surface area contributed by atoms with Gasteiger partial charge in [-0.15, -0.1) is 0 Å². The first-order valence-corrected chi connectivity index (χ1v) is 6.20. The van der Waals surface area contributed by atoms with Crippen molar-refractivity contribution >= 4 is 0 Å². The summed E-state index contributed by atoms with van der Waals surface area (Å²) < 4.78 is 0. The molecule has 2 N–H and O–H groups in total. The molecule has 88 valence electrons. The van der Waals surface area contributed by atoms with Gasteiger partial charge >= 0.3 is 0 Å². The van der Waals surface area contributed by atoms with Crippen LogP contribution in [0.25, 0.3) is 0 Å². The number of aliphatic hydroxyl groups is 1. The number of hydrogen-bond donors (Lipinski definition) is 2. The number of piperidine rings is 1. The molecule has 0 aromatic rings. The standard InChI is InChI=1S/C12H24N2O/c1-8-7-14(3)9(2)4-12(8)13-10-5-11(15)6-10/h8-13,15H,4-7H2,1-3H3. The Hall–Kier alpha value is -0.120. The minimum Gasteiger partial charge on any atom is -0.393 e. The highest BCUT2D eigenvalue weighted by molar-refractivity contribution is 4.92. The van der Waals surface area contributed by atoms with Crippen LogP contribution in [-0.2, 0) is 0 Å². The molecule has 0 radical (unpaired) electrons. The Labute approximate surface area is 92.8 Å². The monoisotopic (exact) mass is 212 g/mol. The van der Waals surface area contributed by atoms with Crippen LogP contribution in [-0.4, -0.2) is 47.8 Å². The molecule has 1 heterocycles. The molecule has 0 spiro atoms. The number of nitrogens with zero attached hydrogens (tertiary/aromatic N) is 1. The first-order valence-electron chi connectivity index (χ1n) is 6.20. The zero-order valence-electron chi connectivity index (χ0n) is 10.1. The highest BCUT2D eigenvalue weighted by Gasteiger charge is 2.34. The second-order valence-corrected chi connectivity index (χ2v) is 5.60. The lowest BCUT2D eigenvalue weighted by Gasteiger charge is -2.44. The SMILES string of the molecule is CC1CN(C)C(C)CC1NC1CC(O)C1. The van der Waals surface area contributed by atoms with E-state index in [1.165, 1.54) is 13.0 Å². The topological polar surface area (TPSA) is 35.5 Å². The molecule has 0 bridgehead atoms. The summed E-state index contributed by atoms with van der Waals surface area (Å²) in [6.45, 7) is 5.82. The lowest BCUT2D eigenvalue weighted by Crippen LogP contribution is -2.56. The van der Waals surface area contributed by atoms with Gasteiger partial charge in [0.15, 0.2) is 0 Å². The van der Waals surface area contributed by atoms with Crippen molar-refractivity contribution in [3.05, 3.63) is 0 Å². The Kier molecular flexibility index (Phi) is 3.33. The van der Waals surface area contributed by atoms with Crippen LogP contribution in [0.5, 0.6) is 0 Å². The third-order valence-corrected chi connectivity index (χ3v) is 4.17. The van der Waals surface area contributed by atoms with Gasteiger partial charge in [-0.05, 0) is 39.2 Å². The minimum absolute atomic E-state index is 0.0403. The van der Waals surface area contributed by atoms with E-state index in [9.17, 15) is 5.11 Å². The predicted molar refractivity (Wildman–Crippen MR) is 61.8 cm³/mol. The van der Waals surface area contributed by atoms with Gasteiger partial charge in [0.1, 0.15) is 0 Å². The molecule has 0 aromatic heterocycles. The first-order chi connectivity index (χ1) is 7.06. The smallest absolute Gasteiger partial charge is 0.0570 e. The third-order valence-electron chi connectivity index (χ3n) is 4.17. The van der Waals surface area contributed by atoms with Crippen molar-refractivity contribution in [1.29, 1.82) is 0 Å². The fourth-order valence-electron chi connectivity index (χ4n) is 2.80. The van der Waals surface area contributed by atoms with Gasteiger partial charge in [-0.3, -0.25) is 0 Å². The van der Waals surface area contributed by atoms with Crippen LogP contribution in [0.1, 0.15) is 33.1 Å². The summed E-state index contributed by atoms with van der Waals surface area (Å²) in [4.78, 5) is 2.44. The molecule has 3 atom stereocenters. The fraction of sp³-hybridized carbons (Fsp3) is 1.00. The van der Waals surface area contributed by atoms with Crippen LogP contribution in [0.3, 0.4) is 0 Å². The molecule has 0 amide bonds. The van der Waals surface area contributed by atoms with Crippen LogP contribution in [0.2, 0.25) is 0 Å². The Morgan fingerprint density at radius 3 is 2.47 bits per heavy atom. The third kappa shape index (κ3) is 2.52. The largest absolute Gasteiger partial charge is 0.393 e. The average molecular weight is 212 g/mol. The van der Waals surface area contributed by atoms with Crippen LogP contribution in [0.4, 0.5) is 0 Å². The minimum atomic E-state index is -0.0403. The molecule has 1 saturated carbocycles. The van der Waals surface area contributed by atoms with Crippen molar-refractivity contribution in [3.63, 3.8) is 0 Å². The summed E-state index contributed by atoms with van der Waals surface area (Å²) in [5, 5.41) is 13.0. The van der Waals surface area contributed by atoms with E-state index in [-0.39, 0.29) is 6.10 Å². The van der Waals surface area contributed by atoms with Gasteiger partial charge < -0.3 is 15.3 Å². The summed E-state index contributed by atoms with van der Waals surface area (Å²) in [6, 6.07) is 1.90. The van der Waals surface area contributed by atoms with Crippen molar-refractivity contribution in [2.75, 3.05) is 13.6 Å². The zero-order valence-corrected chi connectivity index (χ0v) is 10.1. The molecule has 2 fully saturated rings. The van der Waals surface area contributed by atoms with Gasteiger partial charge in [0.2, 0.25) is 0 Å². The molecule has 2 aliphatic rings. The second kappa shape index (κ2) is 4.40. The van der Waals surface area contributed by atoms with Gasteiger partial charge in [0, 0.05) is 24.7 Å². The Balaban J connectivity index is 1.81. The van der Waals surface area contributed by atoms with Gasteiger partial charge in [-0.1, -0.05) is 6.92 Å². The highest BCUT2D eigenvalue weighted by atomic mass is 16.3. The van der Waals surface area contributed by atoms with E-state index < -0.39 is 0 Å². The van der Waals surface area contributed by atoms with Gasteiger partial charge in [-0.25, -0.2) is 0 Å². The van der Waals surface area contributed by atoms with E-state index >= 15 is 0 Å². The Morgan fingerprint density at radius 1 is 1.20 bits per heavy atom. The molecular weight excluding hydrogens is 188 g/mol. The summed E-state index contributed by atoms with van der Waals surface area (Å²) in [6.07, 6.45) is 3.10. The van der Waals surface area contributed by atoms with E-state index in [0.717, 1.165) is 18.8 Å². The second-order valence-electron chi connectivity index (χ2n) is 5.60. The zero-order chi connectivity index (χ0) is 11.0.